The SMILES string of the molecule is C=CCc1cc(F)c(=O)n(C(CCC)C(=O)OCC)c1.CCCC(C(=O)OCC)n1cc(CC=O)cc(F)c1=O.[K].[K].[Na+].[O-][I+3]([O-])([O-])[O-].[O]=[Os](=[O])(=[O])=[O]. The van der Waals surface area contributed by atoms with Gasteiger partial charge in [0.1, 0.15) is 38.5 Å². The van der Waals surface area contributed by atoms with Crippen molar-refractivity contribution in [2.24, 2.45) is 0 Å². The summed E-state index contributed by atoms with van der Waals surface area (Å²) in [5.41, 5.74) is -0.736. The maximum atomic E-state index is 13.7. The molecule has 0 saturated heterocycles. The minimum atomic E-state index is -6.06. The van der Waals surface area contributed by atoms with Crippen molar-refractivity contribution in [1.29, 1.82) is 0 Å². The van der Waals surface area contributed by atoms with E-state index in [0.717, 1.165) is 15.2 Å². The predicted molar refractivity (Wildman–Crippen MR) is 160 cm³/mol. The molecule has 286 valence electrons. The van der Waals surface area contributed by atoms with Gasteiger partial charge in [0.05, 0.1) is 13.2 Å². The van der Waals surface area contributed by atoms with Crippen molar-refractivity contribution >= 4 is 121 Å². The molecule has 2 unspecified atom stereocenters. The van der Waals surface area contributed by atoms with E-state index in [1.807, 2.05) is 13.8 Å². The normalized spacial score (nSPS) is 11.2. The second-order valence-electron chi connectivity index (χ2n) is 9.53. The van der Waals surface area contributed by atoms with Crippen molar-refractivity contribution in [3.8, 4) is 0 Å². The molecule has 2 atom stereocenters. The van der Waals surface area contributed by atoms with Crippen LogP contribution in [0.5, 0.6) is 0 Å². The fraction of sp³-hybridized carbons (Fsp3) is 0.483. The van der Waals surface area contributed by atoms with Gasteiger partial charge in [0, 0.05) is 122 Å². The molecule has 0 aliphatic heterocycles. The predicted octanol–water partition coefficient (Wildman–Crippen LogP) is -7.73. The van der Waals surface area contributed by atoms with Crippen LogP contribution in [-0.2, 0) is 65.7 Å². The van der Waals surface area contributed by atoms with Crippen molar-refractivity contribution in [1.82, 2.24) is 9.13 Å². The molecule has 0 aliphatic carbocycles. The number of carbonyl (C=O) groups excluding carboxylic acids is 3. The van der Waals surface area contributed by atoms with Crippen LogP contribution in [0.3, 0.4) is 0 Å². The van der Waals surface area contributed by atoms with E-state index >= 15 is 0 Å². The summed E-state index contributed by atoms with van der Waals surface area (Å²) in [6.07, 6.45) is 7.60. The topological polar surface area (TPSA) is 274 Å². The van der Waals surface area contributed by atoms with Crippen LogP contribution in [0.2, 0.25) is 0 Å². The van der Waals surface area contributed by atoms with Crippen LogP contribution in [-0.4, -0.2) is 143 Å². The second kappa shape index (κ2) is 33.7. The van der Waals surface area contributed by atoms with Crippen LogP contribution in [0.25, 0.3) is 0 Å². The van der Waals surface area contributed by atoms with Crippen LogP contribution in [0.4, 0.5) is 8.78 Å². The number of pyridine rings is 2. The first-order chi connectivity index (χ1) is 23.1. The maximum absolute atomic E-state index is 13.7. The van der Waals surface area contributed by atoms with Crippen LogP contribution in [0.15, 0.2) is 46.8 Å². The standard InChI is InChI=1S/C15H20FNO3.C14H18FNO4.IO4.2K.Na.4O.Os/c1-4-7-11-9-12(16)14(18)17(10-11)13(8-5-2)15(19)20-6-3;1-3-5-12(14(19)20-4-2)16-9-10(6-7-17)8-11(15)13(16)18;2-1(3,4)5;;;;;;;;/h4,9-10,13H,1,5-8H2,2-3H3;7-9,12H,3-6H2,1-2H3;;;;;;;;;/q;;-1;;;+1;;;;;. The van der Waals surface area contributed by atoms with Crippen LogP contribution < -0.4 is 74.5 Å². The van der Waals surface area contributed by atoms with E-state index in [0.29, 0.717) is 49.5 Å². The second-order valence-corrected chi connectivity index (χ2v) is 14.2. The summed E-state index contributed by atoms with van der Waals surface area (Å²) in [4.78, 5) is 58.1. The molecule has 2 heterocycles. The molecule has 0 amide bonds. The first kappa shape index (κ1) is 63.0. The van der Waals surface area contributed by atoms with Gasteiger partial charge in [-0.3, -0.25) is 32.5 Å². The molecular weight excluding hydrogens is 1070 g/mol. The number of ether oxygens (including phenoxy) is 2. The number of hydrogen-bond acceptors (Lipinski definition) is 15. The molecule has 0 aliphatic rings. The zero-order valence-electron chi connectivity index (χ0n) is 30.5. The first-order valence-corrected chi connectivity index (χ1v) is 22.1. The van der Waals surface area contributed by atoms with Gasteiger partial charge in [-0.25, -0.2) is 18.4 Å². The van der Waals surface area contributed by atoms with Crippen LogP contribution in [0, 0.1) is 11.6 Å². The molecule has 24 heteroatoms. The van der Waals surface area contributed by atoms with Crippen molar-refractivity contribution in [3.05, 3.63) is 80.7 Å². The van der Waals surface area contributed by atoms with Gasteiger partial charge in [-0.05, 0) is 56.4 Å². The van der Waals surface area contributed by atoms with E-state index in [9.17, 15) is 32.8 Å². The number of rotatable bonds is 14. The Hall–Kier alpha value is 0.789. The van der Waals surface area contributed by atoms with Gasteiger partial charge in [0.2, 0.25) is 0 Å². The molecule has 2 aromatic heterocycles. The molecule has 0 spiro atoms. The Morgan fingerprint density at radius 2 is 1.09 bits per heavy atom. The summed E-state index contributed by atoms with van der Waals surface area (Å²) in [6, 6.07) is 0.538. The monoisotopic (exact) mass is 1110 g/mol. The van der Waals surface area contributed by atoms with Crippen molar-refractivity contribution in [2.75, 3.05) is 13.2 Å². The summed E-state index contributed by atoms with van der Waals surface area (Å²) in [5, 5.41) is 0. The Morgan fingerprint density at radius 1 is 0.792 bits per heavy atom. The fourth-order valence-electron chi connectivity index (χ4n) is 3.96. The van der Waals surface area contributed by atoms with Crippen molar-refractivity contribution in [2.45, 2.75) is 78.3 Å². The van der Waals surface area contributed by atoms with Gasteiger partial charge in [0.15, 0.2) is 11.6 Å². The molecule has 0 aromatic carbocycles. The Morgan fingerprint density at radius 3 is 1.34 bits per heavy atom. The summed E-state index contributed by atoms with van der Waals surface area (Å²) >= 11 is -12.0. The molecule has 0 saturated carbocycles. The summed E-state index contributed by atoms with van der Waals surface area (Å²) in [7, 11) is 0. The molecule has 0 N–H and O–H groups in total. The third kappa shape index (κ3) is 30.5. The number of aromatic nitrogens is 2. The van der Waals surface area contributed by atoms with E-state index in [4.69, 9.17) is 37.4 Å². The average molecular weight is 1110 g/mol. The van der Waals surface area contributed by atoms with Crippen molar-refractivity contribution < 1.29 is 125 Å². The third-order valence-corrected chi connectivity index (χ3v) is 5.72. The zero-order valence-corrected chi connectivity index (χ0v) is 43.4. The fourth-order valence-corrected chi connectivity index (χ4v) is 3.96. The van der Waals surface area contributed by atoms with Gasteiger partial charge in [-0.2, -0.15) is 0 Å². The van der Waals surface area contributed by atoms with Gasteiger partial charge in [0.25, 0.3) is 11.1 Å². The third-order valence-electron chi connectivity index (χ3n) is 5.72. The number of nitrogens with zero attached hydrogens (tertiary/aromatic N) is 2. The summed E-state index contributed by atoms with van der Waals surface area (Å²) < 4.78 is 108. The quantitative estimate of drug-likeness (QED) is 0.0559. The number of aldehydes is 1. The van der Waals surface area contributed by atoms with E-state index in [1.54, 1.807) is 19.9 Å². The molecule has 0 fully saturated rings. The molecule has 0 bridgehead atoms. The first-order valence-electron chi connectivity index (χ1n) is 14.5. The molecule has 2 aromatic rings. The number of esters is 2. The average Bonchev–Trinajstić information content (AvgIpc) is 2.97. The zero-order chi connectivity index (χ0) is 39.2. The minimum absolute atomic E-state index is 0. The Kier molecular flexibility index (Phi) is 40.1. The van der Waals surface area contributed by atoms with E-state index in [1.165, 1.54) is 18.5 Å². The molecule has 2 radical (unpaired) electrons. The van der Waals surface area contributed by atoms with Crippen LogP contribution in [0.1, 0.15) is 76.6 Å². The number of carbonyl (C=O) groups is 3. The molecule has 17 nitrogen and oxygen atoms in total. The van der Waals surface area contributed by atoms with Gasteiger partial charge in [-0.15, -0.1) is 6.58 Å². The van der Waals surface area contributed by atoms with Crippen molar-refractivity contribution in [3.63, 3.8) is 0 Å². The van der Waals surface area contributed by atoms with E-state index in [-0.39, 0.29) is 152 Å². The van der Waals surface area contributed by atoms with Gasteiger partial charge >= 0.3 is 70.5 Å². The Bertz CT molecular complexity index is 1650. The van der Waals surface area contributed by atoms with E-state index < -0.39 is 81.7 Å². The molecule has 2 rings (SSSR count). The molecular formula is C29H38F2IK2N2NaO15Os. The summed E-state index contributed by atoms with van der Waals surface area (Å²) in [6.45, 7) is 11.1. The van der Waals surface area contributed by atoms with Gasteiger partial charge < -0.3 is 14.3 Å². The Labute approximate surface area is 420 Å². The summed E-state index contributed by atoms with van der Waals surface area (Å²) in [5.74, 6) is -2.92. The number of allylic oxidation sites excluding steroid dienone is 1. The van der Waals surface area contributed by atoms with Crippen LogP contribution >= 0.6 is 0 Å². The number of halogens is 3. The molecule has 53 heavy (non-hydrogen) atoms. The number of hydrogen-bond donors (Lipinski definition) is 0. The Balaban J connectivity index is -0.000000221. The van der Waals surface area contributed by atoms with E-state index in [2.05, 4.69) is 6.58 Å². The van der Waals surface area contributed by atoms with Gasteiger partial charge in [-0.1, -0.05) is 32.8 Å².